The molecule has 0 aliphatic rings. The van der Waals surface area contributed by atoms with Crippen LogP contribution in [0.4, 0.5) is 15.8 Å². The van der Waals surface area contributed by atoms with Crippen molar-refractivity contribution in [2.24, 2.45) is 0 Å². The van der Waals surface area contributed by atoms with Crippen molar-refractivity contribution < 1.29 is 12.8 Å². The van der Waals surface area contributed by atoms with Crippen LogP contribution in [0.3, 0.4) is 0 Å². The molecule has 0 amide bonds. The van der Waals surface area contributed by atoms with Crippen molar-refractivity contribution in [1.82, 2.24) is 0 Å². The summed E-state index contributed by atoms with van der Waals surface area (Å²) < 4.78 is 39.5. The molecule has 6 heteroatoms. The van der Waals surface area contributed by atoms with Crippen molar-refractivity contribution in [3.63, 3.8) is 0 Å². The minimum absolute atomic E-state index is 0.178. The van der Waals surface area contributed by atoms with E-state index in [1.807, 2.05) is 0 Å². The lowest BCUT2D eigenvalue weighted by atomic mass is 10.2. The Bertz CT molecular complexity index is 732. The number of sulfonamides is 1. The smallest absolute Gasteiger partial charge is 0.239 e. The fourth-order valence-electron chi connectivity index (χ4n) is 2.14. The number of nitrogens with two attached hydrogens (primary N) is 1. The van der Waals surface area contributed by atoms with Gasteiger partial charge in [0, 0.05) is 12.2 Å². The summed E-state index contributed by atoms with van der Waals surface area (Å²) >= 11 is 0. The van der Waals surface area contributed by atoms with Crippen LogP contribution in [0.1, 0.15) is 12.5 Å². The van der Waals surface area contributed by atoms with E-state index in [2.05, 4.69) is 0 Å². The molecule has 0 saturated carbocycles. The Kier molecular flexibility index (Phi) is 4.47. The largest absolute Gasteiger partial charge is 0.399 e. The number of rotatable bonds is 5. The van der Waals surface area contributed by atoms with E-state index in [0.717, 1.165) is 0 Å². The van der Waals surface area contributed by atoms with Crippen molar-refractivity contribution in [3.05, 3.63) is 59.9 Å². The Morgan fingerprint density at radius 1 is 1.14 bits per heavy atom. The summed E-state index contributed by atoms with van der Waals surface area (Å²) in [4.78, 5) is 0. The first-order valence-electron chi connectivity index (χ1n) is 6.53. The molecule has 2 aromatic carbocycles. The van der Waals surface area contributed by atoms with Crippen LogP contribution in [0, 0.1) is 5.82 Å². The number of halogens is 1. The lowest BCUT2D eigenvalue weighted by Gasteiger charge is -2.23. The summed E-state index contributed by atoms with van der Waals surface area (Å²) in [5.74, 6) is -0.646. The van der Waals surface area contributed by atoms with Crippen molar-refractivity contribution >= 4 is 21.4 Å². The van der Waals surface area contributed by atoms with Gasteiger partial charge in [-0.3, -0.25) is 4.31 Å². The van der Waals surface area contributed by atoms with Gasteiger partial charge in [0.05, 0.1) is 11.4 Å². The van der Waals surface area contributed by atoms with Crippen molar-refractivity contribution in [2.75, 3.05) is 16.6 Å². The molecule has 0 radical (unpaired) electrons. The van der Waals surface area contributed by atoms with Crippen LogP contribution >= 0.6 is 0 Å². The second kappa shape index (κ2) is 6.13. The topological polar surface area (TPSA) is 63.4 Å². The Morgan fingerprint density at radius 3 is 2.48 bits per heavy atom. The van der Waals surface area contributed by atoms with E-state index < -0.39 is 15.8 Å². The quantitative estimate of drug-likeness (QED) is 0.864. The third-order valence-corrected chi connectivity index (χ3v) is 4.86. The minimum atomic E-state index is -3.60. The zero-order valence-corrected chi connectivity index (χ0v) is 12.5. The SMILES string of the molecule is CCN(c1cccc(F)c1)S(=O)(=O)Cc1cccc(N)c1. The maximum Gasteiger partial charge on any atom is 0.239 e. The van der Waals surface area contributed by atoms with Gasteiger partial charge in [0.15, 0.2) is 0 Å². The average molecular weight is 308 g/mol. The molecule has 0 atom stereocenters. The van der Waals surface area contributed by atoms with E-state index in [9.17, 15) is 12.8 Å². The van der Waals surface area contributed by atoms with Gasteiger partial charge < -0.3 is 5.73 Å². The molecule has 0 saturated heterocycles. The average Bonchev–Trinajstić information content (AvgIpc) is 2.38. The van der Waals surface area contributed by atoms with Crippen molar-refractivity contribution in [1.29, 1.82) is 0 Å². The number of anilines is 2. The number of hydrogen-bond donors (Lipinski definition) is 1. The maximum atomic E-state index is 13.3. The summed E-state index contributed by atoms with van der Waals surface area (Å²) in [6.45, 7) is 1.94. The molecule has 0 unspecified atom stereocenters. The molecule has 0 aliphatic carbocycles. The minimum Gasteiger partial charge on any atom is -0.399 e. The van der Waals surface area contributed by atoms with E-state index in [-0.39, 0.29) is 12.3 Å². The highest BCUT2D eigenvalue weighted by Gasteiger charge is 2.22. The van der Waals surface area contributed by atoms with E-state index in [0.29, 0.717) is 16.9 Å². The van der Waals surface area contributed by atoms with Crippen LogP contribution in [0.2, 0.25) is 0 Å². The van der Waals surface area contributed by atoms with Gasteiger partial charge >= 0.3 is 0 Å². The highest BCUT2D eigenvalue weighted by molar-refractivity contribution is 7.92. The monoisotopic (exact) mass is 308 g/mol. The van der Waals surface area contributed by atoms with E-state index in [1.54, 1.807) is 37.3 Å². The van der Waals surface area contributed by atoms with Crippen molar-refractivity contribution in [3.8, 4) is 0 Å². The first-order chi connectivity index (χ1) is 9.92. The van der Waals surface area contributed by atoms with Gasteiger partial charge in [-0.05, 0) is 42.8 Å². The van der Waals surface area contributed by atoms with Crippen LogP contribution in [0.15, 0.2) is 48.5 Å². The Morgan fingerprint density at radius 2 is 1.86 bits per heavy atom. The number of benzene rings is 2. The molecule has 0 heterocycles. The van der Waals surface area contributed by atoms with Gasteiger partial charge in [-0.25, -0.2) is 12.8 Å². The first kappa shape index (κ1) is 15.3. The lowest BCUT2D eigenvalue weighted by Crippen LogP contribution is -2.31. The zero-order valence-electron chi connectivity index (χ0n) is 11.7. The van der Waals surface area contributed by atoms with E-state index in [4.69, 9.17) is 5.73 Å². The first-order valence-corrected chi connectivity index (χ1v) is 8.13. The van der Waals surface area contributed by atoms with Gasteiger partial charge in [0.25, 0.3) is 0 Å². The van der Waals surface area contributed by atoms with E-state index >= 15 is 0 Å². The summed E-state index contributed by atoms with van der Waals surface area (Å²) in [6, 6.07) is 12.3. The van der Waals surface area contributed by atoms with Crippen LogP contribution in [-0.2, 0) is 15.8 Å². The molecule has 0 spiro atoms. The summed E-state index contributed by atoms with van der Waals surface area (Å²) in [5, 5.41) is 0. The Balaban J connectivity index is 2.32. The normalized spacial score (nSPS) is 11.3. The van der Waals surface area contributed by atoms with Gasteiger partial charge in [0.1, 0.15) is 5.82 Å². The highest BCUT2D eigenvalue weighted by atomic mass is 32.2. The van der Waals surface area contributed by atoms with E-state index in [1.165, 1.54) is 22.5 Å². The molecule has 0 aliphatic heterocycles. The summed E-state index contributed by atoms with van der Waals surface area (Å²) in [5.41, 5.74) is 7.09. The predicted molar refractivity (Wildman–Crippen MR) is 82.9 cm³/mol. The third-order valence-electron chi connectivity index (χ3n) is 3.02. The number of hydrogen-bond acceptors (Lipinski definition) is 3. The maximum absolute atomic E-state index is 13.3. The zero-order chi connectivity index (χ0) is 15.5. The fourth-order valence-corrected chi connectivity index (χ4v) is 3.73. The molecule has 0 aromatic heterocycles. The molecule has 0 bridgehead atoms. The van der Waals surface area contributed by atoms with Crippen LogP contribution < -0.4 is 10.0 Å². The Labute approximate surface area is 124 Å². The molecule has 112 valence electrons. The van der Waals surface area contributed by atoms with Gasteiger partial charge in [0.2, 0.25) is 10.0 Å². The molecule has 2 N–H and O–H groups in total. The predicted octanol–water partition coefficient (Wildman–Crippen LogP) is 2.76. The number of nitrogens with zero attached hydrogens (tertiary/aromatic N) is 1. The third kappa shape index (κ3) is 3.72. The lowest BCUT2D eigenvalue weighted by molar-refractivity contribution is 0.590. The summed E-state index contributed by atoms with van der Waals surface area (Å²) in [6.07, 6.45) is 0. The van der Waals surface area contributed by atoms with Gasteiger partial charge in [-0.15, -0.1) is 0 Å². The summed E-state index contributed by atoms with van der Waals surface area (Å²) in [7, 11) is -3.60. The molecular formula is C15H17FN2O2S. The molecule has 21 heavy (non-hydrogen) atoms. The number of nitrogen functional groups attached to an aromatic ring is 1. The Hall–Kier alpha value is -2.08. The van der Waals surface area contributed by atoms with Gasteiger partial charge in [-0.1, -0.05) is 18.2 Å². The fraction of sp³-hybridized carbons (Fsp3) is 0.200. The molecular weight excluding hydrogens is 291 g/mol. The van der Waals surface area contributed by atoms with Crippen LogP contribution in [-0.4, -0.2) is 15.0 Å². The van der Waals surface area contributed by atoms with Crippen molar-refractivity contribution in [2.45, 2.75) is 12.7 Å². The van der Waals surface area contributed by atoms with Crippen LogP contribution in [0.25, 0.3) is 0 Å². The molecule has 0 fully saturated rings. The second-order valence-electron chi connectivity index (χ2n) is 4.65. The highest BCUT2D eigenvalue weighted by Crippen LogP contribution is 2.22. The molecule has 2 aromatic rings. The standard InChI is InChI=1S/C15H17FN2O2S/c1-2-18(15-8-4-6-13(16)10-15)21(19,20)11-12-5-3-7-14(17)9-12/h3-10H,2,11,17H2,1H3. The van der Waals surface area contributed by atoms with Gasteiger partial charge in [-0.2, -0.15) is 0 Å². The second-order valence-corrected chi connectivity index (χ2v) is 6.54. The van der Waals surface area contributed by atoms with Crippen LogP contribution in [0.5, 0.6) is 0 Å². The molecule has 4 nitrogen and oxygen atoms in total. The molecule has 2 rings (SSSR count).